The molecule has 5 nitrogen and oxygen atoms in total. The van der Waals surface area contributed by atoms with Crippen LogP contribution >= 0.6 is 47.8 Å². The molecule has 0 atom stereocenters. The van der Waals surface area contributed by atoms with Gasteiger partial charge in [-0.25, -0.2) is 5.43 Å². The van der Waals surface area contributed by atoms with Crippen molar-refractivity contribution >= 4 is 59.9 Å². The Labute approximate surface area is 189 Å². The number of hydrogen-bond donors (Lipinski definition) is 2. The van der Waals surface area contributed by atoms with Gasteiger partial charge in [0.05, 0.1) is 10.7 Å². The minimum absolute atomic E-state index is 0.0406. The molecule has 28 heavy (non-hydrogen) atoms. The lowest BCUT2D eigenvalue weighted by Gasteiger charge is -2.30. The van der Waals surface area contributed by atoms with Gasteiger partial charge in [-0.1, -0.05) is 44.0 Å². The molecule has 2 N–H and O–H groups in total. The highest BCUT2D eigenvalue weighted by molar-refractivity contribution is 9.11. The van der Waals surface area contributed by atoms with Crippen LogP contribution in [0.1, 0.15) is 24.0 Å². The van der Waals surface area contributed by atoms with E-state index in [1.54, 1.807) is 12.1 Å². The van der Waals surface area contributed by atoms with E-state index in [-0.39, 0.29) is 17.6 Å². The van der Waals surface area contributed by atoms with E-state index < -0.39 is 0 Å². The topological polar surface area (TPSA) is 64.9 Å². The minimum Gasteiger partial charge on any atom is -0.506 e. The quantitative estimate of drug-likeness (QED) is 0.389. The summed E-state index contributed by atoms with van der Waals surface area (Å²) in [5.41, 5.74) is 4.40. The molecule has 0 spiro atoms. The number of amides is 1. The van der Waals surface area contributed by atoms with Crippen molar-refractivity contribution in [2.45, 2.75) is 19.4 Å². The third-order valence-corrected chi connectivity index (χ3v) is 6.30. The van der Waals surface area contributed by atoms with Gasteiger partial charge in [0.2, 0.25) is 5.91 Å². The van der Waals surface area contributed by atoms with Gasteiger partial charge in [-0.15, -0.1) is 0 Å². The zero-order chi connectivity index (χ0) is 20.1. The molecule has 2 aromatic rings. The van der Waals surface area contributed by atoms with E-state index >= 15 is 0 Å². The first kappa shape index (κ1) is 21.5. The fourth-order valence-electron chi connectivity index (χ4n) is 3.14. The SMILES string of the molecule is O=C(N/N=C\c1cc(Br)cc(Br)c1O)C1CCN(Cc2ccc(Br)cc2)CC1. The van der Waals surface area contributed by atoms with Crippen LogP contribution in [0.5, 0.6) is 5.75 Å². The zero-order valence-corrected chi connectivity index (χ0v) is 19.8. The Hall–Kier alpha value is -1.22. The van der Waals surface area contributed by atoms with Gasteiger partial charge in [0, 0.05) is 27.0 Å². The lowest BCUT2D eigenvalue weighted by atomic mass is 9.96. The highest BCUT2D eigenvalue weighted by Crippen LogP contribution is 2.30. The average molecular weight is 574 g/mol. The fraction of sp³-hybridized carbons (Fsp3) is 0.300. The number of likely N-dealkylation sites (tertiary alicyclic amines) is 1. The van der Waals surface area contributed by atoms with Gasteiger partial charge >= 0.3 is 0 Å². The number of aromatic hydroxyl groups is 1. The summed E-state index contributed by atoms with van der Waals surface area (Å²) in [4.78, 5) is 14.7. The van der Waals surface area contributed by atoms with Crippen molar-refractivity contribution in [1.82, 2.24) is 10.3 Å². The van der Waals surface area contributed by atoms with Gasteiger partial charge < -0.3 is 5.11 Å². The van der Waals surface area contributed by atoms with Gasteiger partial charge in [0.1, 0.15) is 5.75 Å². The van der Waals surface area contributed by atoms with Crippen LogP contribution in [0, 0.1) is 5.92 Å². The number of carbonyl (C=O) groups is 1. The van der Waals surface area contributed by atoms with Crippen LogP contribution in [-0.2, 0) is 11.3 Å². The summed E-state index contributed by atoms with van der Waals surface area (Å²) < 4.78 is 2.45. The number of phenols is 1. The van der Waals surface area contributed by atoms with Gasteiger partial charge in [-0.2, -0.15) is 5.10 Å². The maximum Gasteiger partial charge on any atom is 0.243 e. The highest BCUT2D eigenvalue weighted by atomic mass is 79.9. The van der Waals surface area contributed by atoms with E-state index in [2.05, 4.69) is 87.5 Å². The molecule has 1 heterocycles. The number of nitrogens with one attached hydrogen (secondary N) is 1. The van der Waals surface area contributed by atoms with Crippen LogP contribution < -0.4 is 5.43 Å². The van der Waals surface area contributed by atoms with E-state index in [4.69, 9.17) is 0 Å². The van der Waals surface area contributed by atoms with Crippen molar-refractivity contribution in [1.29, 1.82) is 0 Å². The second-order valence-electron chi connectivity index (χ2n) is 6.74. The Morgan fingerprint density at radius 1 is 1.14 bits per heavy atom. The number of halogens is 3. The largest absolute Gasteiger partial charge is 0.506 e. The van der Waals surface area contributed by atoms with Gasteiger partial charge in [-0.05, 0) is 71.7 Å². The minimum atomic E-state index is -0.0758. The van der Waals surface area contributed by atoms with Gasteiger partial charge in [0.15, 0.2) is 0 Å². The van der Waals surface area contributed by atoms with Crippen molar-refractivity contribution in [3.63, 3.8) is 0 Å². The van der Waals surface area contributed by atoms with Crippen LogP contribution in [0.25, 0.3) is 0 Å². The number of benzene rings is 2. The summed E-state index contributed by atoms with van der Waals surface area (Å²) in [5, 5.41) is 14.0. The van der Waals surface area contributed by atoms with Gasteiger partial charge in [0.25, 0.3) is 0 Å². The number of carbonyl (C=O) groups excluding carboxylic acids is 1. The molecular weight excluding hydrogens is 554 g/mol. The smallest absolute Gasteiger partial charge is 0.243 e. The maximum absolute atomic E-state index is 12.4. The van der Waals surface area contributed by atoms with E-state index in [9.17, 15) is 9.90 Å². The molecule has 1 fully saturated rings. The third kappa shape index (κ3) is 5.89. The molecule has 148 valence electrons. The summed E-state index contributed by atoms with van der Waals surface area (Å²) in [5.74, 6) is -0.0308. The molecule has 1 saturated heterocycles. The number of piperidine rings is 1. The van der Waals surface area contributed by atoms with Crippen molar-refractivity contribution in [3.05, 3.63) is 60.9 Å². The number of rotatable bonds is 5. The van der Waals surface area contributed by atoms with Crippen molar-refractivity contribution in [2.75, 3.05) is 13.1 Å². The van der Waals surface area contributed by atoms with Crippen molar-refractivity contribution in [2.24, 2.45) is 11.0 Å². The van der Waals surface area contributed by atoms with Crippen LogP contribution in [0.2, 0.25) is 0 Å². The first-order valence-electron chi connectivity index (χ1n) is 8.90. The Kier molecular flexibility index (Phi) is 7.68. The molecule has 2 aromatic carbocycles. The molecule has 8 heteroatoms. The Balaban J connectivity index is 1.48. The summed E-state index contributed by atoms with van der Waals surface area (Å²) in [6.07, 6.45) is 3.07. The predicted molar refractivity (Wildman–Crippen MR) is 121 cm³/mol. The number of hydrogen-bond acceptors (Lipinski definition) is 4. The zero-order valence-electron chi connectivity index (χ0n) is 15.0. The number of hydrazone groups is 1. The molecule has 3 rings (SSSR count). The van der Waals surface area contributed by atoms with E-state index in [0.29, 0.717) is 10.0 Å². The van der Waals surface area contributed by atoms with Gasteiger partial charge in [-0.3, -0.25) is 9.69 Å². The molecule has 1 aliphatic heterocycles. The predicted octanol–water partition coefficient (Wildman–Crippen LogP) is 5.04. The number of nitrogens with zero attached hydrogens (tertiary/aromatic N) is 2. The van der Waals surface area contributed by atoms with Crippen LogP contribution in [0.3, 0.4) is 0 Å². The summed E-state index contributed by atoms with van der Waals surface area (Å²) in [7, 11) is 0. The first-order chi connectivity index (χ1) is 13.4. The van der Waals surface area contributed by atoms with Crippen molar-refractivity contribution < 1.29 is 9.90 Å². The Morgan fingerprint density at radius 3 is 2.50 bits per heavy atom. The standard InChI is InChI=1S/C20H20Br3N3O2/c21-16-3-1-13(2-4-16)12-26-7-5-14(6-8-26)20(28)25-24-11-15-9-17(22)10-18(23)19(15)27/h1-4,9-11,14,27H,5-8,12H2,(H,25,28)/b24-11-. The fourth-order valence-corrected chi connectivity index (χ4v) is 4.66. The summed E-state index contributed by atoms with van der Waals surface area (Å²) >= 11 is 10.1. The molecule has 0 aromatic heterocycles. The average Bonchev–Trinajstić information content (AvgIpc) is 2.68. The van der Waals surface area contributed by atoms with E-state index in [0.717, 1.165) is 41.4 Å². The van der Waals surface area contributed by atoms with Crippen molar-refractivity contribution in [3.8, 4) is 5.75 Å². The second kappa shape index (κ2) is 10.0. The summed E-state index contributed by atoms with van der Waals surface area (Å²) in [6, 6.07) is 11.8. The highest BCUT2D eigenvalue weighted by Gasteiger charge is 2.24. The molecule has 0 bridgehead atoms. The van der Waals surface area contributed by atoms with Crippen LogP contribution in [0.4, 0.5) is 0 Å². The molecule has 1 amide bonds. The number of phenolic OH excluding ortho intramolecular Hbond substituents is 1. The monoisotopic (exact) mass is 571 g/mol. The summed E-state index contributed by atoms with van der Waals surface area (Å²) in [6.45, 7) is 2.67. The van der Waals surface area contributed by atoms with E-state index in [1.807, 2.05) is 0 Å². The molecule has 0 aliphatic carbocycles. The molecular formula is C20H20Br3N3O2. The molecule has 0 saturated carbocycles. The normalized spacial score (nSPS) is 15.8. The second-order valence-corrected chi connectivity index (χ2v) is 9.42. The lowest BCUT2D eigenvalue weighted by Crippen LogP contribution is -2.39. The molecule has 1 aliphatic rings. The first-order valence-corrected chi connectivity index (χ1v) is 11.3. The third-order valence-electron chi connectivity index (χ3n) is 4.71. The Bertz CT molecular complexity index is 864. The Morgan fingerprint density at radius 2 is 1.82 bits per heavy atom. The van der Waals surface area contributed by atoms with Crippen LogP contribution in [0.15, 0.2) is 54.9 Å². The maximum atomic E-state index is 12.4. The lowest BCUT2D eigenvalue weighted by molar-refractivity contribution is -0.126. The molecule has 0 radical (unpaired) electrons. The van der Waals surface area contributed by atoms with E-state index in [1.165, 1.54) is 11.8 Å². The van der Waals surface area contributed by atoms with Crippen LogP contribution in [-0.4, -0.2) is 35.2 Å². The molecule has 0 unspecified atom stereocenters.